The summed E-state index contributed by atoms with van der Waals surface area (Å²) >= 11 is 14.2. The van der Waals surface area contributed by atoms with E-state index in [1.54, 1.807) is 35.4 Å². The Kier molecular flexibility index (Phi) is 15.1. The molecule has 0 spiro atoms. The maximum absolute atomic E-state index is 11.2. The third kappa shape index (κ3) is 10.5. The van der Waals surface area contributed by atoms with Crippen molar-refractivity contribution in [3.05, 3.63) is 139 Å². The zero-order valence-corrected chi connectivity index (χ0v) is 38.6. The van der Waals surface area contributed by atoms with Crippen molar-refractivity contribution in [2.45, 2.75) is 33.4 Å². The molecule has 0 saturated heterocycles. The first-order chi connectivity index (χ1) is 28.9. The molecule has 0 bridgehead atoms. The molecule has 2 atom stereocenters. The van der Waals surface area contributed by atoms with E-state index >= 15 is 0 Å². The Morgan fingerprint density at radius 2 is 0.902 bits per heavy atom. The van der Waals surface area contributed by atoms with E-state index in [0.717, 1.165) is 72.7 Å². The van der Waals surface area contributed by atoms with Crippen molar-refractivity contribution >= 4 is 119 Å². The molecule has 8 aromatic rings. The molecule has 2 aromatic heterocycles. The topological polar surface area (TPSA) is 121 Å². The molecule has 61 heavy (non-hydrogen) atoms. The average Bonchev–Trinajstić information content (AvgIpc) is 3.86. The van der Waals surface area contributed by atoms with Gasteiger partial charge in [-0.1, -0.05) is 63.6 Å². The summed E-state index contributed by atoms with van der Waals surface area (Å²) in [6, 6.07) is 33.9. The molecule has 0 unspecified atom stereocenters. The van der Waals surface area contributed by atoms with Gasteiger partial charge in [0.1, 0.15) is 61.5 Å². The van der Waals surface area contributed by atoms with E-state index in [1.807, 2.05) is 97.1 Å². The number of ether oxygens (including phenoxy) is 4. The first kappa shape index (κ1) is 45.5. The number of carboxylic acids is 2. The van der Waals surface area contributed by atoms with Gasteiger partial charge in [-0.2, -0.15) is 0 Å². The molecule has 14 heteroatoms. The third-order valence-corrected chi connectivity index (χ3v) is 12.5. The minimum atomic E-state index is -0.863. The highest BCUT2D eigenvalue weighted by molar-refractivity contribution is 9.11. The van der Waals surface area contributed by atoms with Crippen LogP contribution in [0.3, 0.4) is 0 Å². The Bertz CT molecular complexity index is 2660. The van der Waals surface area contributed by atoms with Gasteiger partial charge in [-0.05, 0) is 152 Å². The van der Waals surface area contributed by atoms with E-state index in [1.165, 1.54) is 0 Å². The van der Waals surface area contributed by atoms with Gasteiger partial charge in [0, 0.05) is 43.1 Å². The van der Waals surface area contributed by atoms with Gasteiger partial charge in [0.2, 0.25) is 0 Å². The molecule has 0 aliphatic rings. The normalized spacial score (nSPS) is 12.0. The average molecular weight is 1080 g/mol. The van der Waals surface area contributed by atoms with Gasteiger partial charge in [0.05, 0.1) is 8.95 Å². The molecule has 2 heterocycles. The van der Waals surface area contributed by atoms with Gasteiger partial charge < -0.3 is 38.3 Å². The number of carbonyl (C=O) groups is 2. The van der Waals surface area contributed by atoms with Gasteiger partial charge in [-0.15, -0.1) is 0 Å². The Balaban J connectivity index is 0.000000201. The van der Waals surface area contributed by atoms with Gasteiger partial charge in [-0.25, -0.2) is 9.59 Å². The highest BCUT2D eigenvalue weighted by Crippen LogP contribution is 2.36. The number of aliphatic carboxylic acids is 2. The van der Waals surface area contributed by atoms with Gasteiger partial charge in [0.25, 0.3) is 0 Å². The highest BCUT2D eigenvalue weighted by atomic mass is 79.9. The van der Waals surface area contributed by atoms with Crippen LogP contribution in [0.25, 0.3) is 43.4 Å². The molecule has 0 radical (unpaired) electrons. The van der Waals surface area contributed by atoms with Crippen LogP contribution in [0.2, 0.25) is 0 Å². The number of carboxylic acid groups (broad SMARTS) is 2. The molecular weight excluding hydrogens is 1040 g/mol. The second-order valence-corrected chi connectivity index (χ2v) is 17.2. The fraction of sp³-hybridized carbons (Fsp3) is 0.191. The maximum Gasteiger partial charge on any atom is 0.326 e. The van der Waals surface area contributed by atoms with Crippen molar-refractivity contribution in [2.75, 3.05) is 26.4 Å². The number of benzene rings is 6. The standard InChI is InChI=1S/2C23H19Br2NO4.CH4/c2*1-14(23(27)28)26-9-8-16-13-18(4-6-20(16)26)29-10-11-30-21-7-2-15-12-17(24)3-5-19(15)22(21)25;/h2*2-9,12-14H,10-11H2,1H3,(H,27,28);1H4/t2*14-;/m10./s1. The van der Waals surface area contributed by atoms with Crippen molar-refractivity contribution in [1.82, 2.24) is 9.13 Å². The predicted octanol–water partition coefficient (Wildman–Crippen LogP) is 13.5. The summed E-state index contributed by atoms with van der Waals surface area (Å²) in [7, 11) is 0. The van der Waals surface area contributed by atoms with Crippen LogP contribution in [0, 0.1) is 0 Å². The molecule has 8 rings (SSSR count). The number of fused-ring (bicyclic) bond motifs is 4. The molecule has 0 fully saturated rings. The first-order valence-corrected chi connectivity index (χ1v) is 22.0. The predicted molar refractivity (Wildman–Crippen MR) is 256 cm³/mol. The summed E-state index contributed by atoms with van der Waals surface area (Å²) in [5, 5.41) is 24.7. The molecule has 0 amide bonds. The quantitative estimate of drug-likeness (QED) is 0.103. The zero-order chi connectivity index (χ0) is 42.5. The van der Waals surface area contributed by atoms with E-state index in [9.17, 15) is 19.8 Å². The SMILES string of the molecule is C.C[C@@H](C(=O)O)n1ccc2cc(OCCOc3ccc4cc(Br)ccc4c3Br)ccc21.C[C@H](C(=O)O)n1ccc2cc(OCCOc3ccc4cc(Br)ccc4c3Br)ccc21. The van der Waals surface area contributed by atoms with Crippen LogP contribution >= 0.6 is 63.7 Å². The molecule has 6 aromatic carbocycles. The minimum Gasteiger partial charge on any atom is -0.490 e. The van der Waals surface area contributed by atoms with E-state index in [2.05, 4.69) is 75.9 Å². The molecule has 0 aliphatic carbocycles. The number of nitrogens with zero attached hydrogens (tertiary/aromatic N) is 2. The van der Waals surface area contributed by atoms with E-state index < -0.39 is 24.0 Å². The van der Waals surface area contributed by atoms with Crippen LogP contribution in [0.4, 0.5) is 0 Å². The second kappa shape index (κ2) is 20.2. The first-order valence-electron chi connectivity index (χ1n) is 18.8. The van der Waals surface area contributed by atoms with Gasteiger partial charge in [-0.3, -0.25) is 0 Å². The van der Waals surface area contributed by atoms with Crippen LogP contribution in [0.1, 0.15) is 33.4 Å². The second-order valence-electron chi connectivity index (χ2n) is 13.8. The minimum absolute atomic E-state index is 0. The smallest absolute Gasteiger partial charge is 0.326 e. The lowest BCUT2D eigenvalue weighted by molar-refractivity contribution is -0.141. The monoisotopic (exact) mass is 1080 g/mol. The van der Waals surface area contributed by atoms with Crippen molar-refractivity contribution in [3.8, 4) is 23.0 Å². The van der Waals surface area contributed by atoms with Crippen molar-refractivity contribution in [1.29, 1.82) is 0 Å². The molecule has 0 saturated carbocycles. The van der Waals surface area contributed by atoms with E-state index in [0.29, 0.717) is 37.9 Å². The highest BCUT2D eigenvalue weighted by Gasteiger charge is 2.17. The lowest BCUT2D eigenvalue weighted by Gasteiger charge is -2.12. The van der Waals surface area contributed by atoms with Crippen LogP contribution in [0.15, 0.2) is 139 Å². The van der Waals surface area contributed by atoms with Crippen LogP contribution in [-0.4, -0.2) is 57.7 Å². The zero-order valence-electron chi connectivity index (χ0n) is 32.3. The summed E-state index contributed by atoms with van der Waals surface area (Å²) in [6.45, 7) is 4.90. The van der Waals surface area contributed by atoms with Crippen molar-refractivity contribution in [3.63, 3.8) is 0 Å². The molecule has 0 aliphatic heterocycles. The van der Waals surface area contributed by atoms with Crippen LogP contribution < -0.4 is 18.9 Å². The van der Waals surface area contributed by atoms with Crippen LogP contribution in [0.5, 0.6) is 23.0 Å². The number of hydrogen-bond donors (Lipinski definition) is 2. The number of aromatic nitrogens is 2. The van der Waals surface area contributed by atoms with Crippen molar-refractivity contribution in [2.24, 2.45) is 0 Å². The summed E-state index contributed by atoms with van der Waals surface area (Å²) in [5.41, 5.74) is 1.72. The van der Waals surface area contributed by atoms with Gasteiger partial charge in [0.15, 0.2) is 0 Å². The third-order valence-electron chi connectivity index (χ3n) is 9.91. The Hall–Kier alpha value is -5.02. The Morgan fingerprint density at radius 1 is 0.508 bits per heavy atom. The Labute approximate surface area is 386 Å². The number of rotatable bonds is 14. The summed E-state index contributed by atoms with van der Waals surface area (Å²) in [5.74, 6) is 1.24. The molecule has 2 N–H and O–H groups in total. The summed E-state index contributed by atoms with van der Waals surface area (Å²) in [4.78, 5) is 22.5. The molecular formula is C47H42Br4N2O8. The fourth-order valence-corrected chi connectivity index (χ4v) is 8.68. The molecule has 10 nitrogen and oxygen atoms in total. The lowest BCUT2D eigenvalue weighted by Crippen LogP contribution is -2.14. The number of halogens is 4. The summed E-state index contributed by atoms with van der Waals surface area (Å²) < 4.78 is 30.8. The fourth-order valence-electron chi connectivity index (χ4n) is 6.71. The lowest BCUT2D eigenvalue weighted by atomic mass is 10.1. The number of hydrogen-bond acceptors (Lipinski definition) is 6. The Morgan fingerprint density at radius 3 is 1.30 bits per heavy atom. The van der Waals surface area contributed by atoms with E-state index in [-0.39, 0.29) is 7.43 Å². The summed E-state index contributed by atoms with van der Waals surface area (Å²) in [6.07, 6.45) is 3.57. The largest absolute Gasteiger partial charge is 0.490 e. The van der Waals surface area contributed by atoms with E-state index in [4.69, 9.17) is 18.9 Å². The van der Waals surface area contributed by atoms with Gasteiger partial charge >= 0.3 is 11.9 Å². The molecule has 316 valence electrons. The maximum atomic E-state index is 11.2. The van der Waals surface area contributed by atoms with Crippen molar-refractivity contribution < 1.29 is 38.7 Å². The van der Waals surface area contributed by atoms with Crippen LogP contribution in [-0.2, 0) is 9.59 Å².